The molecule has 2 aliphatic rings. The quantitative estimate of drug-likeness (QED) is 0.611. The average Bonchev–Trinajstić information content (AvgIpc) is 2.86. The van der Waals surface area contributed by atoms with Gasteiger partial charge in [0.25, 0.3) is 0 Å². The van der Waals surface area contributed by atoms with Crippen LogP contribution in [0.4, 0.5) is 0 Å². The summed E-state index contributed by atoms with van der Waals surface area (Å²) >= 11 is 0. The van der Waals surface area contributed by atoms with Gasteiger partial charge in [-0.25, -0.2) is 9.80 Å². The highest BCUT2D eigenvalue weighted by atomic mass is 16.5. The van der Waals surface area contributed by atoms with E-state index in [1.165, 1.54) is 0 Å². The fourth-order valence-corrected chi connectivity index (χ4v) is 2.48. The molecule has 6 heteroatoms. The maximum absolute atomic E-state index is 11.5. The van der Waals surface area contributed by atoms with Crippen LogP contribution < -0.4 is 4.57 Å². The predicted molar refractivity (Wildman–Crippen MR) is 81.5 cm³/mol. The Morgan fingerprint density at radius 3 is 2.86 bits per heavy atom. The zero-order chi connectivity index (χ0) is 15.5. The number of nitrogens with zero attached hydrogens (tertiary/aromatic N) is 4. The Hall–Kier alpha value is -2.63. The topological polar surface area (TPSA) is 49.0 Å². The van der Waals surface area contributed by atoms with Gasteiger partial charge in [0.2, 0.25) is 6.54 Å². The molecule has 114 valence electrons. The number of carbonyl (C=O) groups excluding carboxylic acids is 1. The Balaban J connectivity index is 1.75. The zero-order valence-corrected chi connectivity index (χ0v) is 12.8. The fraction of sp³-hybridized carbons (Fsp3) is 0.312. The van der Waals surface area contributed by atoms with E-state index < -0.39 is 0 Å². The van der Waals surface area contributed by atoms with E-state index in [0.717, 1.165) is 23.8 Å². The molecule has 0 N–H and O–H groups in total. The van der Waals surface area contributed by atoms with Crippen LogP contribution >= 0.6 is 0 Å². The summed E-state index contributed by atoms with van der Waals surface area (Å²) in [6.07, 6.45) is 9.89. The number of ether oxygens (including phenoxy) is 1. The van der Waals surface area contributed by atoms with Crippen LogP contribution in [0.2, 0.25) is 0 Å². The Bertz CT molecular complexity index is 661. The van der Waals surface area contributed by atoms with Crippen molar-refractivity contribution in [3.63, 3.8) is 0 Å². The Morgan fingerprint density at radius 2 is 2.18 bits per heavy atom. The minimum Gasteiger partial charge on any atom is -0.461 e. The van der Waals surface area contributed by atoms with Gasteiger partial charge in [0.1, 0.15) is 5.82 Å². The molecule has 0 bridgehead atoms. The second-order valence-corrected chi connectivity index (χ2v) is 5.08. The van der Waals surface area contributed by atoms with E-state index in [9.17, 15) is 4.79 Å². The van der Waals surface area contributed by atoms with Crippen molar-refractivity contribution < 1.29 is 14.1 Å². The van der Waals surface area contributed by atoms with Crippen LogP contribution in [0.25, 0.3) is 0 Å². The third kappa shape index (κ3) is 2.72. The van der Waals surface area contributed by atoms with Gasteiger partial charge < -0.3 is 9.64 Å². The number of hydrazone groups is 1. The van der Waals surface area contributed by atoms with Crippen molar-refractivity contribution in [3.05, 3.63) is 54.1 Å². The molecule has 0 aliphatic carbocycles. The molecule has 22 heavy (non-hydrogen) atoms. The van der Waals surface area contributed by atoms with Gasteiger partial charge in [-0.3, -0.25) is 0 Å². The third-order valence-electron chi connectivity index (χ3n) is 3.57. The summed E-state index contributed by atoms with van der Waals surface area (Å²) in [5.74, 6) is 1.74. The molecule has 1 aromatic rings. The first-order chi connectivity index (χ1) is 10.7. The molecule has 6 nitrogen and oxygen atoms in total. The van der Waals surface area contributed by atoms with Crippen LogP contribution in [-0.4, -0.2) is 41.9 Å². The average molecular weight is 299 g/mol. The van der Waals surface area contributed by atoms with Gasteiger partial charge in [-0.2, -0.15) is 9.67 Å². The van der Waals surface area contributed by atoms with E-state index in [1.807, 2.05) is 48.7 Å². The summed E-state index contributed by atoms with van der Waals surface area (Å²) in [6, 6.07) is 3.92. The molecule has 0 saturated carbocycles. The van der Waals surface area contributed by atoms with Gasteiger partial charge in [0.05, 0.1) is 13.2 Å². The third-order valence-corrected chi connectivity index (χ3v) is 3.57. The van der Waals surface area contributed by atoms with E-state index in [0.29, 0.717) is 6.61 Å². The van der Waals surface area contributed by atoms with Crippen LogP contribution in [0.3, 0.4) is 0 Å². The minimum absolute atomic E-state index is 0.220. The predicted octanol–water partition coefficient (Wildman–Crippen LogP) is 0.857. The summed E-state index contributed by atoms with van der Waals surface area (Å²) in [4.78, 5) is 13.5. The molecule has 3 rings (SSSR count). The van der Waals surface area contributed by atoms with Crippen molar-refractivity contribution in [2.45, 2.75) is 13.5 Å². The van der Waals surface area contributed by atoms with Gasteiger partial charge in [-0.05, 0) is 13.0 Å². The molecule has 1 aromatic heterocycles. The Kier molecular flexibility index (Phi) is 3.91. The summed E-state index contributed by atoms with van der Waals surface area (Å²) in [5.41, 5.74) is 1.01. The lowest BCUT2D eigenvalue weighted by molar-refractivity contribution is -0.686. The molecular formula is C16H19N4O2+. The van der Waals surface area contributed by atoms with E-state index in [4.69, 9.17) is 4.74 Å². The number of pyridine rings is 1. The number of fused-ring (bicyclic) bond motifs is 1. The highest BCUT2D eigenvalue weighted by Gasteiger charge is 2.27. The molecule has 0 saturated heterocycles. The first-order valence-corrected chi connectivity index (χ1v) is 7.31. The second kappa shape index (κ2) is 6.01. The zero-order valence-electron chi connectivity index (χ0n) is 12.8. The van der Waals surface area contributed by atoms with Gasteiger partial charge in [-0.15, -0.1) is 0 Å². The number of allylic oxidation sites excluding steroid dienone is 2. The molecule has 0 atom stereocenters. The monoisotopic (exact) mass is 299 g/mol. The van der Waals surface area contributed by atoms with Crippen LogP contribution in [0.5, 0.6) is 0 Å². The lowest BCUT2D eigenvalue weighted by atomic mass is 10.2. The number of amidine groups is 1. The number of esters is 1. The molecular weight excluding hydrogens is 280 g/mol. The van der Waals surface area contributed by atoms with Crippen LogP contribution in [0, 0.1) is 0 Å². The number of hydrogen-bond acceptors (Lipinski definition) is 5. The molecule has 0 aromatic carbocycles. The normalized spacial score (nSPS) is 16.3. The number of rotatable bonds is 4. The highest BCUT2D eigenvalue weighted by molar-refractivity contribution is 6.00. The molecule has 0 unspecified atom stereocenters. The standard InChI is InChI=1S/C16H19N4O2/c1-3-22-15(21)12-19-10-7-13(8-11-19)16-17-20-9-5-4-6-14(20)18(16)2/h4-8,10-11H,3,9,12H2,1-2H3/q+1. The number of aromatic nitrogens is 1. The fourth-order valence-electron chi connectivity index (χ4n) is 2.48. The highest BCUT2D eigenvalue weighted by Crippen LogP contribution is 2.23. The van der Waals surface area contributed by atoms with E-state index in [-0.39, 0.29) is 12.5 Å². The first-order valence-electron chi connectivity index (χ1n) is 7.31. The van der Waals surface area contributed by atoms with Crippen molar-refractivity contribution >= 4 is 11.8 Å². The van der Waals surface area contributed by atoms with Gasteiger partial charge >= 0.3 is 5.97 Å². The lowest BCUT2D eigenvalue weighted by Crippen LogP contribution is -2.38. The maximum atomic E-state index is 11.5. The van der Waals surface area contributed by atoms with Gasteiger partial charge in [0, 0.05) is 24.7 Å². The summed E-state index contributed by atoms with van der Waals surface area (Å²) in [5, 5.41) is 6.60. The minimum atomic E-state index is -0.232. The van der Waals surface area contributed by atoms with Crippen molar-refractivity contribution in [2.24, 2.45) is 5.10 Å². The molecule has 0 fully saturated rings. The Labute approximate surface area is 129 Å². The number of hydrogen-bond donors (Lipinski definition) is 0. The molecule has 0 amide bonds. The molecule has 3 heterocycles. The molecule has 0 radical (unpaired) electrons. The summed E-state index contributed by atoms with van der Waals surface area (Å²) < 4.78 is 6.74. The van der Waals surface area contributed by atoms with Crippen molar-refractivity contribution in [1.29, 1.82) is 0 Å². The summed E-state index contributed by atoms with van der Waals surface area (Å²) in [6.45, 7) is 3.21. The molecule has 0 spiro atoms. The van der Waals surface area contributed by atoms with Crippen LogP contribution in [0.1, 0.15) is 12.5 Å². The maximum Gasteiger partial charge on any atom is 0.372 e. The lowest BCUT2D eigenvalue weighted by Gasteiger charge is -2.21. The van der Waals surface area contributed by atoms with Gasteiger partial charge in [-0.1, -0.05) is 12.2 Å². The van der Waals surface area contributed by atoms with Crippen molar-refractivity contribution in [1.82, 2.24) is 9.91 Å². The van der Waals surface area contributed by atoms with Crippen LogP contribution in [0.15, 0.2) is 53.7 Å². The second-order valence-electron chi connectivity index (χ2n) is 5.08. The number of carbonyl (C=O) groups is 1. The van der Waals surface area contributed by atoms with Gasteiger partial charge in [0.15, 0.2) is 18.2 Å². The SMILES string of the molecule is CCOC(=O)C[n+]1ccc(C2=NN3CC=CC=C3N2C)cc1. The van der Waals surface area contributed by atoms with Crippen molar-refractivity contribution in [3.8, 4) is 0 Å². The first kappa shape index (κ1) is 14.3. The van der Waals surface area contributed by atoms with E-state index >= 15 is 0 Å². The largest absolute Gasteiger partial charge is 0.461 e. The van der Waals surface area contributed by atoms with E-state index in [1.54, 1.807) is 11.5 Å². The van der Waals surface area contributed by atoms with Crippen molar-refractivity contribution in [2.75, 3.05) is 20.2 Å². The van der Waals surface area contributed by atoms with Crippen LogP contribution in [-0.2, 0) is 16.1 Å². The summed E-state index contributed by atoms with van der Waals surface area (Å²) in [7, 11) is 2.00. The molecule has 2 aliphatic heterocycles. The van der Waals surface area contributed by atoms with E-state index in [2.05, 4.69) is 16.1 Å². The smallest absolute Gasteiger partial charge is 0.372 e. The Morgan fingerprint density at radius 1 is 1.41 bits per heavy atom.